The SMILES string of the molecule is CS(=O)/C(=C/N1CCOCC1)C(=O)Nc1ccc(F)cc1. The first kappa shape index (κ1) is 15.7. The highest BCUT2D eigenvalue weighted by Crippen LogP contribution is 2.12. The molecular weight excluding hydrogens is 295 g/mol. The molecule has 0 aromatic heterocycles. The van der Waals surface area contributed by atoms with E-state index >= 15 is 0 Å². The fourth-order valence-corrected chi connectivity index (χ4v) is 2.47. The van der Waals surface area contributed by atoms with Gasteiger partial charge in [0.1, 0.15) is 10.7 Å². The van der Waals surface area contributed by atoms with Gasteiger partial charge in [-0.15, -0.1) is 0 Å². The van der Waals surface area contributed by atoms with Crippen molar-refractivity contribution in [3.05, 3.63) is 41.2 Å². The molecule has 7 heteroatoms. The largest absolute Gasteiger partial charge is 0.378 e. The average Bonchev–Trinajstić information content (AvgIpc) is 2.48. The van der Waals surface area contributed by atoms with Crippen LogP contribution in [0.15, 0.2) is 35.4 Å². The lowest BCUT2D eigenvalue weighted by molar-refractivity contribution is -0.112. The molecule has 1 N–H and O–H groups in total. The van der Waals surface area contributed by atoms with E-state index in [9.17, 15) is 13.4 Å². The Balaban J connectivity index is 2.09. The summed E-state index contributed by atoms with van der Waals surface area (Å²) in [6.45, 7) is 2.48. The van der Waals surface area contributed by atoms with Gasteiger partial charge in [-0.1, -0.05) is 0 Å². The van der Waals surface area contributed by atoms with E-state index in [0.717, 1.165) is 0 Å². The summed E-state index contributed by atoms with van der Waals surface area (Å²) in [4.78, 5) is 14.3. The lowest BCUT2D eigenvalue weighted by Crippen LogP contribution is -2.33. The molecule has 1 aliphatic heterocycles. The van der Waals surface area contributed by atoms with Crippen LogP contribution in [0.3, 0.4) is 0 Å². The number of ether oxygens (including phenoxy) is 1. The van der Waals surface area contributed by atoms with Crippen LogP contribution in [0.5, 0.6) is 0 Å². The topological polar surface area (TPSA) is 58.6 Å². The normalized spacial score (nSPS) is 17.4. The van der Waals surface area contributed by atoms with Gasteiger partial charge in [-0.25, -0.2) is 4.39 Å². The van der Waals surface area contributed by atoms with E-state index in [0.29, 0.717) is 32.0 Å². The fraction of sp³-hybridized carbons (Fsp3) is 0.357. The molecule has 2 rings (SSSR count). The molecule has 1 heterocycles. The second-order valence-electron chi connectivity index (χ2n) is 4.56. The quantitative estimate of drug-likeness (QED) is 0.852. The van der Waals surface area contributed by atoms with Crippen molar-refractivity contribution < 1.29 is 18.1 Å². The van der Waals surface area contributed by atoms with Gasteiger partial charge in [0.25, 0.3) is 5.91 Å². The molecule has 21 heavy (non-hydrogen) atoms. The van der Waals surface area contributed by atoms with E-state index in [2.05, 4.69) is 5.32 Å². The standard InChI is InChI=1S/C14H17FN2O3S/c1-21(19)13(10-17-6-8-20-9-7-17)14(18)16-12-4-2-11(15)3-5-12/h2-5,10H,6-9H2,1H3,(H,16,18)/b13-10+. The maximum atomic E-state index is 12.8. The zero-order chi connectivity index (χ0) is 15.2. The van der Waals surface area contributed by atoms with Crippen LogP contribution in [0.2, 0.25) is 0 Å². The lowest BCUT2D eigenvalue weighted by atomic mass is 10.3. The fourth-order valence-electron chi connectivity index (χ4n) is 1.86. The van der Waals surface area contributed by atoms with Gasteiger partial charge >= 0.3 is 0 Å². The van der Waals surface area contributed by atoms with Gasteiger partial charge in [0, 0.05) is 31.2 Å². The molecule has 1 saturated heterocycles. The molecule has 1 fully saturated rings. The Morgan fingerprint density at radius 1 is 1.33 bits per heavy atom. The number of halogens is 1. The molecule has 114 valence electrons. The van der Waals surface area contributed by atoms with Crippen molar-refractivity contribution in [2.24, 2.45) is 0 Å². The summed E-state index contributed by atoms with van der Waals surface area (Å²) in [5.41, 5.74) is 0.458. The summed E-state index contributed by atoms with van der Waals surface area (Å²) in [6, 6.07) is 5.42. The second kappa shape index (κ2) is 7.33. The summed E-state index contributed by atoms with van der Waals surface area (Å²) in [7, 11) is -1.42. The number of nitrogens with one attached hydrogen (secondary N) is 1. The van der Waals surface area contributed by atoms with Crippen LogP contribution in [0.25, 0.3) is 0 Å². The molecule has 0 radical (unpaired) electrons. The van der Waals surface area contributed by atoms with Crippen molar-refractivity contribution in [1.82, 2.24) is 4.90 Å². The van der Waals surface area contributed by atoms with Gasteiger partial charge in [0.05, 0.1) is 24.0 Å². The number of benzene rings is 1. The average molecular weight is 312 g/mol. The van der Waals surface area contributed by atoms with Gasteiger partial charge < -0.3 is 15.0 Å². The molecule has 5 nitrogen and oxygen atoms in total. The Bertz CT molecular complexity index is 554. The molecule has 0 aliphatic carbocycles. The highest BCUT2D eigenvalue weighted by atomic mass is 32.2. The Kier molecular flexibility index (Phi) is 5.46. The first-order valence-electron chi connectivity index (χ1n) is 6.50. The minimum Gasteiger partial charge on any atom is -0.378 e. The van der Waals surface area contributed by atoms with E-state index in [4.69, 9.17) is 4.74 Å². The lowest BCUT2D eigenvalue weighted by Gasteiger charge is -2.25. The molecule has 1 unspecified atom stereocenters. The first-order chi connectivity index (χ1) is 10.1. The third kappa shape index (κ3) is 4.64. The molecule has 1 aromatic rings. The predicted octanol–water partition coefficient (Wildman–Crippen LogP) is 1.32. The van der Waals surface area contributed by atoms with Crippen molar-refractivity contribution in [2.45, 2.75) is 0 Å². The van der Waals surface area contributed by atoms with Crippen LogP contribution in [0.4, 0.5) is 10.1 Å². The van der Waals surface area contributed by atoms with E-state index in [1.165, 1.54) is 30.5 Å². The highest BCUT2D eigenvalue weighted by Gasteiger charge is 2.17. The van der Waals surface area contributed by atoms with E-state index in [-0.39, 0.29) is 10.7 Å². The van der Waals surface area contributed by atoms with E-state index in [1.807, 2.05) is 4.90 Å². The second-order valence-corrected chi connectivity index (χ2v) is 5.90. The van der Waals surface area contributed by atoms with E-state index < -0.39 is 16.7 Å². The Hall–Kier alpha value is -1.73. The van der Waals surface area contributed by atoms with Crippen molar-refractivity contribution >= 4 is 22.4 Å². The van der Waals surface area contributed by atoms with Crippen molar-refractivity contribution in [1.29, 1.82) is 0 Å². The summed E-state index contributed by atoms with van der Waals surface area (Å²) < 4.78 is 29.8. The number of hydrogen-bond donors (Lipinski definition) is 1. The summed E-state index contributed by atoms with van der Waals surface area (Å²) in [6.07, 6.45) is 3.06. The monoisotopic (exact) mass is 312 g/mol. The first-order valence-corrected chi connectivity index (χ1v) is 8.06. The van der Waals surface area contributed by atoms with Crippen LogP contribution in [-0.4, -0.2) is 47.6 Å². The van der Waals surface area contributed by atoms with Gasteiger partial charge in [0.2, 0.25) is 0 Å². The smallest absolute Gasteiger partial charge is 0.266 e. The van der Waals surface area contributed by atoms with Gasteiger partial charge in [-0.3, -0.25) is 9.00 Å². The number of hydrogen-bond acceptors (Lipinski definition) is 4. The number of amides is 1. The molecule has 1 aromatic carbocycles. The van der Waals surface area contributed by atoms with Gasteiger partial charge in [-0.05, 0) is 24.3 Å². The molecular formula is C14H17FN2O3S. The van der Waals surface area contributed by atoms with Crippen LogP contribution in [-0.2, 0) is 20.3 Å². The third-order valence-corrected chi connectivity index (χ3v) is 3.89. The summed E-state index contributed by atoms with van der Waals surface area (Å²) in [5.74, 6) is -0.829. The van der Waals surface area contributed by atoms with Crippen LogP contribution in [0.1, 0.15) is 0 Å². The van der Waals surface area contributed by atoms with Crippen molar-refractivity contribution in [3.63, 3.8) is 0 Å². The van der Waals surface area contributed by atoms with E-state index in [1.54, 1.807) is 6.20 Å². The summed E-state index contributed by atoms with van der Waals surface area (Å²) >= 11 is 0. The maximum absolute atomic E-state index is 12.8. The van der Waals surface area contributed by atoms with Gasteiger partial charge in [0.15, 0.2) is 0 Å². The van der Waals surface area contributed by atoms with Crippen LogP contribution >= 0.6 is 0 Å². The molecule has 0 saturated carbocycles. The Labute approximate surface area is 125 Å². The molecule has 1 atom stereocenters. The van der Waals surface area contributed by atoms with Gasteiger partial charge in [-0.2, -0.15) is 0 Å². The minimum atomic E-state index is -1.42. The third-order valence-electron chi connectivity index (χ3n) is 2.98. The molecule has 0 spiro atoms. The highest BCUT2D eigenvalue weighted by molar-refractivity contribution is 7.89. The zero-order valence-corrected chi connectivity index (χ0v) is 12.5. The molecule has 0 bridgehead atoms. The number of morpholine rings is 1. The number of rotatable bonds is 4. The number of anilines is 1. The van der Waals surface area contributed by atoms with Crippen molar-refractivity contribution in [2.75, 3.05) is 37.9 Å². The number of carbonyl (C=O) groups is 1. The maximum Gasteiger partial charge on any atom is 0.266 e. The molecule has 1 amide bonds. The minimum absolute atomic E-state index is 0.182. The predicted molar refractivity (Wildman–Crippen MR) is 79.6 cm³/mol. The number of nitrogens with zero attached hydrogens (tertiary/aromatic N) is 1. The van der Waals surface area contributed by atoms with Crippen LogP contribution in [0, 0.1) is 5.82 Å². The Morgan fingerprint density at radius 2 is 1.95 bits per heavy atom. The zero-order valence-electron chi connectivity index (χ0n) is 11.7. The van der Waals surface area contributed by atoms with Crippen LogP contribution < -0.4 is 5.32 Å². The van der Waals surface area contributed by atoms with Crippen molar-refractivity contribution in [3.8, 4) is 0 Å². The molecule has 1 aliphatic rings. The Morgan fingerprint density at radius 3 is 2.52 bits per heavy atom. The number of carbonyl (C=O) groups excluding carboxylic acids is 1. The summed E-state index contributed by atoms with van der Waals surface area (Å²) in [5, 5.41) is 2.62.